The van der Waals surface area contributed by atoms with Crippen molar-refractivity contribution in [1.82, 2.24) is 4.57 Å². The molecular weight excluding hydrogens is 310 g/mol. The molecule has 0 amide bonds. The van der Waals surface area contributed by atoms with Crippen LogP contribution in [0.15, 0.2) is 47.5 Å². The van der Waals surface area contributed by atoms with Crippen molar-refractivity contribution in [3.8, 4) is 11.1 Å². The highest BCUT2D eigenvalue weighted by Crippen LogP contribution is 2.22. The molecule has 2 heterocycles. The maximum atomic E-state index is 12.1. The minimum atomic E-state index is -2.83. The Morgan fingerprint density at radius 2 is 1.74 bits per heavy atom. The van der Waals surface area contributed by atoms with E-state index < -0.39 is 9.84 Å². The Bertz CT molecular complexity index is 837. The summed E-state index contributed by atoms with van der Waals surface area (Å²) in [6.45, 7) is 2.78. The van der Waals surface area contributed by atoms with Crippen LogP contribution in [0.5, 0.6) is 0 Å². The van der Waals surface area contributed by atoms with E-state index in [0.29, 0.717) is 24.3 Å². The Kier molecular flexibility index (Phi) is 4.39. The number of aromatic nitrogens is 1. The Balaban J connectivity index is 1.81. The predicted molar refractivity (Wildman–Crippen MR) is 92.3 cm³/mol. The lowest BCUT2D eigenvalue weighted by Gasteiger charge is -2.23. The highest BCUT2D eigenvalue weighted by Gasteiger charge is 2.23. The van der Waals surface area contributed by atoms with Crippen molar-refractivity contribution < 1.29 is 8.42 Å². The van der Waals surface area contributed by atoms with Gasteiger partial charge in [0, 0.05) is 30.6 Å². The fraction of sp³-hybridized carbons (Fsp3) is 0.389. The SMILES string of the molecule is Cc1ccc(-c2cn(CC3CCS(=O)(=O)CC3)ccc2=O)cc1. The van der Waals surface area contributed by atoms with Gasteiger partial charge >= 0.3 is 0 Å². The van der Waals surface area contributed by atoms with Crippen molar-refractivity contribution >= 4 is 9.84 Å². The molecule has 1 aliphatic rings. The Morgan fingerprint density at radius 1 is 1.09 bits per heavy atom. The molecule has 0 radical (unpaired) electrons. The van der Waals surface area contributed by atoms with Crippen molar-refractivity contribution in [3.63, 3.8) is 0 Å². The van der Waals surface area contributed by atoms with Crippen LogP contribution in [0.25, 0.3) is 11.1 Å². The summed E-state index contributed by atoms with van der Waals surface area (Å²) in [7, 11) is -2.83. The molecule has 0 N–H and O–H groups in total. The van der Waals surface area contributed by atoms with Crippen LogP contribution in [0.3, 0.4) is 0 Å². The summed E-state index contributed by atoms with van der Waals surface area (Å²) in [5, 5.41) is 0. The highest BCUT2D eigenvalue weighted by atomic mass is 32.2. The van der Waals surface area contributed by atoms with Gasteiger partial charge in [-0.15, -0.1) is 0 Å². The zero-order valence-corrected chi connectivity index (χ0v) is 14.1. The first-order valence-electron chi connectivity index (χ1n) is 7.90. The molecule has 0 unspecified atom stereocenters. The van der Waals surface area contributed by atoms with Crippen LogP contribution < -0.4 is 5.43 Å². The Morgan fingerprint density at radius 3 is 2.39 bits per heavy atom. The molecule has 2 aromatic rings. The van der Waals surface area contributed by atoms with Gasteiger partial charge in [0.15, 0.2) is 5.43 Å². The standard InChI is InChI=1S/C18H21NO3S/c1-14-2-4-16(5-3-14)17-13-19(9-6-18(17)20)12-15-7-10-23(21,22)11-8-15/h2-6,9,13,15H,7-8,10-12H2,1H3. The molecule has 0 bridgehead atoms. The normalized spacial score (nSPS) is 18.0. The van der Waals surface area contributed by atoms with Gasteiger partial charge in [0.2, 0.25) is 0 Å². The highest BCUT2D eigenvalue weighted by molar-refractivity contribution is 7.91. The molecule has 1 aliphatic heterocycles. The lowest BCUT2D eigenvalue weighted by atomic mass is 10.0. The monoisotopic (exact) mass is 331 g/mol. The number of pyridine rings is 1. The van der Waals surface area contributed by atoms with Gasteiger partial charge in [0.1, 0.15) is 9.84 Å². The van der Waals surface area contributed by atoms with E-state index in [9.17, 15) is 13.2 Å². The van der Waals surface area contributed by atoms with E-state index in [1.807, 2.05) is 42.0 Å². The van der Waals surface area contributed by atoms with Gasteiger partial charge < -0.3 is 4.57 Å². The molecule has 0 saturated carbocycles. The van der Waals surface area contributed by atoms with E-state index in [0.717, 1.165) is 17.7 Å². The van der Waals surface area contributed by atoms with Gasteiger partial charge in [-0.2, -0.15) is 0 Å². The largest absolute Gasteiger partial charge is 0.353 e. The van der Waals surface area contributed by atoms with Crippen molar-refractivity contribution in [3.05, 3.63) is 58.5 Å². The minimum Gasteiger partial charge on any atom is -0.353 e. The molecule has 23 heavy (non-hydrogen) atoms. The van der Waals surface area contributed by atoms with Crippen LogP contribution in [0, 0.1) is 12.8 Å². The van der Waals surface area contributed by atoms with E-state index in [1.54, 1.807) is 12.3 Å². The lowest BCUT2D eigenvalue weighted by Crippen LogP contribution is -2.26. The molecule has 5 heteroatoms. The molecule has 4 nitrogen and oxygen atoms in total. The summed E-state index contributed by atoms with van der Waals surface area (Å²) >= 11 is 0. The van der Waals surface area contributed by atoms with E-state index in [4.69, 9.17) is 0 Å². The minimum absolute atomic E-state index is 0.0105. The fourth-order valence-corrected chi connectivity index (χ4v) is 4.60. The summed E-state index contributed by atoms with van der Waals surface area (Å²) in [6.07, 6.45) is 5.09. The maximum Gasteiger partial charge on any atom is 0.189 e. The third-order valence-electron chi connectivity index (χ3n) is 4.48. The third kappa shape index (κ3) is 3.91. The van der Waals surface area contributed by atoms with Crippen LogP contribution in [-0.4, -0.2) is 24.5 Å². The molecule has 3 rings (SSSR count). The zero-order chi connectivity index (χ0) is 16.4. The molecule has 1 aromatic carbocycles. The van der Waals surface area contributed by atoms with Crippen molar-refractivity contribution in [2.75, 3.05) is 11.5 Å². The maximum absolute atomic E-state index is 12.1. The summed E-state index contributed by atoms with van der Waals surface area (Å²) in [6, 6.07) is 9.51. The van der Waals surface area contributed by atoms with E-state index in [-0.39, 0.29) is 16.9 Å². The van der Waals surface area contributed by atoms with Gasteiger partial charge in [0.25, 0.3) is 0 Å². The molecule has 1 fully saturated rings. The summed E-state index contributed by atoms with van der Waals surface area (Å²) in [5.41, 5.74) is 2.78. The van der Waals surface area contributed by atoms with Gasteiger partial charge in [0.05, 0.1) is 11.5 Å². The summed E-state index contributed by atoms with van der Waals surface area (Å²) in [4.78, 5) is 12.1. The number of benzene rings is 1. The lowest BCUT2D eigenvalue weighted by molar-refractivity contribution is 0.403. The third-order valence-corrected chi connectivity index (χ3v) is 6.20. The van der Waals surface area contributed by atoms with E-state index in [2.05, 4.69) is 0 Å². The van der Waals surface area contributed by atoms with Gasteiger partial charge in [-0.05, 0) is 31.2 Å². The first-order valence-corrected chi connectivity index (χ1v) is 9.73. The second-order valence-corrected chi connectivity index (χ2v) is 8.68. The number of aryl methyl sites for hydroxylation is 1. The van der Waals surface area contributed by atoms with Gasteiger partial charge in [-0.25, -0.2) is 8.42 Å². The van der Waals surface area contributed by atoms with Crippen LogP contribution in [0.4, 0.5) is 0 Å². The number of hydrogen-bond acceptors (Lipinski definition) is 3. The zero-order valence-electron chi connectivity index (χ0n) is 13.2. The second-order valence-electron chi connectivity index (χ2n) is 6.38. The first kappa shape index (κ1) is 16.0. The van der Waals surface area contributed by atoms with Crippen LogP contribution in [0.2, 0.25) is 0 Å². The summed E-state index contributed by atoms with van der Waals surface area (Å²) < 4.78 is 25.0. The Hall–Kier alpha value is -1.88. The average molecular weight is 331 g/mol. The quantitative estimate of drug-likeness (QED) is 0.869. The first-order chi connectivity index (χ1) is 10.9. The summed E-state index contributed by atoms with van der Waals surface area (Å²) in [5.74, 6) is 0.914. The number of sulfone groups is 1. The topological polar surface area (TPSA) is 56.1 Å². The predicted octanol–water partition coefficient (Wildman–Crippen LogP) is 2.65. The second kappa shape index (κ2) is 6.32. The smallest absolute Gasteiger partial charge is 0.189 e. The Labute approximate surface area is 136 Å². The molecular formula is C18H21NO3S. The average Bonchev–Trinajstić information content (AvgIpc) is 2.52. The molecule has 1 aromatic heterocycles. The molecule has 0 aliphatic carbocycles. The van der Waals surface area contributed by atoms with Crippen molar-refractivity contribution in [2.45, 2.75) is 26.3 Å². The van der Waals surface area contributed by atoms with E-state index >= 15 is 0 Å². The number of rotatable bonds is 3. The van der Waals surface area contributed by atoms with Gasteiger partial charge in [-0.3, -0.25) is 4.79 Å². The van der Waals surface area contributed by atoms with Crippen LogP contribution in [-0.2, 0) is 16.4 Å². The van der Waals surface area contributed by atoms with E-state index in [1.165, 1.54) is 0 Å². The number of nitrogens with zero attached hydrogens (tertiary/aromatic N) is 1. The van der Waals surface area contributed by atoms with Crippen molar-refractivity contribution in [1.29, 1.82) is 0 Å². The molecule has 1 saturated heterocycles. The van der Waals surface area contributed by atoms with Crippen LogP contribution in [0.1, 0.15) is 18.4 Å². The molecule has 0 spiro atoms. The van der Waals surface area contributed by atoms with Gasteiger partial charge in [-0.1, -0.05) is 29.8 Å². The molecule has 122 valence electrons. The number of hydrogen-bond donors (Lipinski definition) is 0. The fourth-order valence-electron chi connectivity index (χ4n) is 3.01. The van der Waals surface area contributed by atoms with Crippen molar-refractivity contribution in [2.24, 2.45) is 5.92 Å². The molecule has 0 atom stereocenters. The van der Waals surface area contributed by atoms with Crippen LogP contribution >= 0.6 is 0 Å².